The third-order valence-electron chi connectivity index (χ3n) is 3.57. The Balaban J connectivity index is 2.16. The Morgan fingerprint density at radius 2 is 2.27 bits per heavy atom. The van der Waals surface area contributed by atoms with Gasteiger partial charge in [-0.15, -0.1) is 0 Å². The van der Waals surface area contributed by atoms with Crippen molar-refractivity contribution in [1.29, 1.82) is 0 Å². The fourth-order valence-electron chi connectivity index (χ4n) is 3.05. The summed E-state index contributed by atoms with van der Waals surface area (Å²) in [5.41, 5.74) is 0.524. The molecule has 4 atom stereocenters. The first kappa shape index (κ1) is 9.77. The van der Waals surface area contributed by atoms with E-state index in [1.165, 1.54) is 7.11 Å². The summed E-state index contributed by atoms with van der Waals surface area (Å²) < 4.78 is 33.1. The first-order valence-electron chi connectivity index (χ1n) is 4.92. The van der Waals surface area contributed by atoms with Crippen LogP contribution in [0.1, 0.15) is 12.8 Å². The molecule has 2 fully saturated rings. The molecule has 1 saturated carbocycles. The molecule has 0 spiro atoms. The van der Waals surface area contributed by atoms with Gasteiger partial charge in [0.1, 0.15) is 0 Å². The molecule has 84 valence electrons. The van der Waals surface area contributed by atoms with Gasteiger partial charge in [-0.05, 0) is 18.8 Å². The standard InChI is InChI=1S/C9H12O5S/c1-13-9(10)7-4-2-5-6(3-4)14-15(11,12)8(5)7/h4-6,9-10H,2-3H2,1H3. The second-order valence-corrected chi connectivity index (χ2v) is 5.81. The van der Waals surface area contributed by atoms with E-state index in [2.05, 4.69) is 0 Å². The highest BCUT2D eigenvalue weighted by Crippen LogP contribution is 2.57. The third-order valence-corrected chi connectivity index (χ3v) is 5.15. The average Bonchev–Trinajstić information content (AvgIpc) is 2.74. The summed E-state index contributed by atoms with van der Waals surface area (Å²) in [4.78, 5) is 0.290. The van der Waals surface area contributed by atoms with Crippen LogP contribution in [0.2, 0.25) is 0 Å². The molecule has 1 saturated heterocycles. The predicted octanol–water partition coefficient (Wildman–Crippen LogP) is -0.0263. The molecule has 0 aromatic heterocycles. The van der Waals surface area contributed by atoms with Crippen LogP contribution in [0.3, 0.4) is 0 Å². The minimum Gasteiger partial charge on any atom is -0.364 e. The molecule has 0 aromatic rings. The monoisotopic (exact) mass is 232 g/mol. The molecule has 6 heteroatoms. The van der Waals surface area contributed by atoms with Crippen molar-refractivity contribution in [3.05, 3.63) is 10.5 Å². The summed E-state index contributed by atoms with van der Waals surface area (Å²) in [7, 11) is -2.23. The molecule has 2 bridgehead atoms. The van der Waals surface area contributed by atoms with E-state index in [-0.39, 0.29) is 22.8 Å². The molecule has 0 amide bonds. The molecule has 1 aliphatic heterocycles. The van der Waals surface area contributed by atoms with Crippen molar-refractivity contribution in [2.75, 3.05) is 7.11 Å². The lowest BCUT2D eigenvalue weighted by molar-refractivity contribution is -0.0507. The minimum atomic E-state index is -3.60. The Morgan fingerprint density at radius 3 is 2.93 bits per heavy atom. The van der Waals surface area contributed by atoms with Crippen LogP contribution in [0.4, 0.5) is 0 Å². The van der Waals surface area contributed by atoms with E-state index in [4.69, 9.17) is 8.92 Å². The number of hydrogen-bond acceptors (Lipinski definition) is 5. The maximum atomic E-state index is 11.7. The van der Waals surface area contributed by atoms with Crippen LogP contribution in [-0.4, -0.2) is 33.0 Å². The van der Waals surface area contributed by atoms with Gasteiger partial charge in [0.15, 0.2) is 6.29 Å². The number of aliphatic hydroxyl groups excluding tert-OH is 1. The average molecular weight is 232 g/mol. The van der Waals surface area contributed by atoms with Gasteiger partial charge in [0.2, 0.25) is 0 Å². The first-order chi connectivity index (χ1) is 7.04. The number of methoxy groups -OCH3 is 1. The molecule has 0 radical (unpaired) electrons. The van der Waals surface area contributed by atoms with Crippen molar-refractivity contribution in [2.24, 2.45) is 11.8 Å². The maximum Gasteiger partial charge on any atom is 0.293 e. The Morgan fingerprint density at radius 1 is 1.53 bits per heavy atom. The van der Waals surface area contributed by atoms with Crippen LogP contribution in [0.5, 0.6) is 0 Å². The molecule has 4 unspecified atom stereocenters. The van der Waals surface area contributed by atoms with Crippen LogP contribution >= 0.6 is 0 Å². The van der Waals surface area contributed by atoms with Gasteiger partial charge in [-0.25, -0.2) is 0 Å². The number of hydrogen-bond donors (Lipinski definition) is 1. The van der Waals surface area contributed by atoms with E-state index in [9.17, 15) is 13.5 Å². The molecule has 2 aliphatic carbocycles. The summed E-state index contributed by atoms with van der Waals surface area (Å²) in [5.74, 6) is 0.0713. The first-order valence-corrected chi connectivity index (χ1v) is 6.33. The number of fused-ring (bicyclic) bond motifs is 1. The zero-order valence-electron chi connectivity index (χ0n) is 8.21. The molecule has 15 heavy (non-hydrogen) atoms. The molecule has 1 N–H and O–H groups in total. The van der Waals surface area contributed by atoms with Gasteiger partial charge in [0, 0.05) is 18.6 Å². The Hall–Kier alpha value is -0.430. The van der Waals surface area contributed by atoms with Crippen molar-refractivity contribution in [1.82, 2.24) is 0 Å². The molecule has 3 aliphatic rings. The fourth-order valence-corrected chi connectivity index (χ4v) is 4.86. The van der Waals surface area contributed by atoms with Crippen LogP contribution in [0.25, 0.3) is 0 Å². The summed E-state index contributed by atoms with van der Waals surface area (Å²) in [5, 5.41) is 9.63. The third kappa shape index (κ3) is 1.10. The van der Waals surface area contributed by atoms with Gasteiger partial charge >= 0.3 is 0 Å². The van der Waals surface area contributed by atoms with E-state index in [0.717, 1.165) is 6.42 Å². The fraction of sp³-hybridized carbons (Fsp3) is 0.778. The van der Waals surface area contributed by atoms with Crippen LogP contribution in [-0.2, 0) is 19.0 Å². The van der Waals surface area contributed by atoms with Crippen molar-refractivity contribution in [3.63, 3.8) is 0 Å². The summed E-state index contributed by atoms with van der Waals surface area (Å²) >= 11 is 0. The second-order valence-electron chi connectivity index (χ2n) is 4.27. The van der Waals surface area contributed by atoms with Crippen LogP contribution < -0.4 is 0 Å². The van der Waals surface area contributed by atoms with Crippen LogP contribution in [0.15, 0.2) is 10.5 Å². The van der Waals surface area contributed by atoms with Crippen molar-refractivity contribution < 1.29 is 22.4 Å². The summed E-state index contributed by atoms with van der Waals surface area (Å²) in [6.45, 7) is 0. The highest BCUT2D eigenvalue weighted by Gasteiger charge is 2.58. The SMILES string of the molecule is COC(O)C1=C2C3CC1CC3OS2(=O)=O. The van der Waals surface area contributed by atoms with Crippen molar-refractivity contribution >= 4 is 10.1 Å². The van der Waals surface area contributed by atoms with Gasteiger partial charge in [-0.3, -0.25) is 4.18 Å². The molecular weight excluding hydrogens is 220 g/mol. The Bertz CT molecular complexity index is 437. The topological polar surface area (TPSA) is 72.8 Å². The lowest BCUT2D eigenvalue weighted by Crippen LogP contribution is -2.21. The lowest BCUT2D eigenvalue weighted by atomic mass is 9.96. The molecule has 5 nitrogen and oxygen atoms in total. The van der Waals surface area contributed by atoms with Crippen LogP contribution in [0, 0.1) is 11.8 Å². The van der Waals surface area contributed by atoms with Crippen molar-refractivity contribution in [3.8, 4) is 0 Å². The summed E-state index contributed by atoms with van der Waals surface area (Å²) in [6, 6.07) is 0. The van der Waals surface area contributed by atoms with Gasteiger partial charge in [0.25, 0.3) is 10.1 Å². The molecule has 0 aromatic carbocycles. The van der Waals surface area contributed by atoms with E-state index in [0.29, 0.717) is 12.0 Å². The predicted molar refractivity (Wildman–Crippen MR) is 50.0 cm³/mol. The summed E-state index contributed by atoms with van der Waals surface area (Å²) in [6.07, 6.45) is 0.160. The second kappa shape index (κ2) is 2.82. The van der Waals surface area contributed by atoms with E-state index >= 15 is 0 Å². The number of ether oxygens (including phenoxy) is 1. The Labute approximate surface area is 87.8 Å². The zero-order chi connectivity index (χ0) is 10.8. The molecule has 1 heterocycles. The maximum absolute atomic E-state index is 11.7. The Kier molecular flexibility index (Phi) is 1.84. The lowest BCUT2D eigenvalue weighted by Gasteiger charge is -2.18. The van der Waals surface area contributed by atoms with Gasteiger partial charge in [-0.2, -0.15) is 8.42 Å². The number of aliphatic hydroxyl groups is 1. The van der Waals surface area contributed by atoms with E-state index < -0.39 is 16.4 Å². The smallest absolute Gasteiger partial charge is 0.293 e. The van der Waals surface area contributed by atoms with E-state index in [1.807, 2.05) is 0 Å². The highest BCUT2D eigenvalue weighted by molar-refractivity contribution is 7.91. The molecular formula is C9H12O5S. The van der Waals surface area contributed by atoms with E-state index in [1.54, 1.807) is 0 Å². The van der Waals surface area contributed by atoms with Crippen molar-refractivity contribution in [2.45, 2.75) is 25.2 Å². The minimum absolute atomic E-state index is 0.0419. The largest absolute Gasteiger partial charge is 0.364 e. The van der Waals surface area contributed by atoms with Gasteiger partial charge in [-0.1, -0.05) is 0 Å². The van der Waals surface area contributed by atoms with Gasteiger partial charge < -0.3 is 9.84 Å². The quantitative estimate of drug-likeness (QED) is 0.535. The van der Waals surface area contributed by atoms with Gasteiger partial charge in [0.05, 0.1) is 11.0 Å². The highest BCUT2D eigenvalue weighted by atomic mass is 32.2. The molecule has 3 rings (SSSR count). The zero-order valence-corrected chi connectivity index (χ0v) is 9.03. The normalized spacial score (nSPS) is 42.7. The number of rotatable bonds is 2.